The largest absolute Gasteiger partial charge is 0.310 e. The maximum atomic E-state index is 4.48. The highest BCUT2D eigenvalue weighted by atomic mass is 15.3. The summed E-state index contributed by atoms with van der Waals surface area (Å²) < 4.78 is 1.98. The molecule has 102 valence electrons. The van der Waals surface area contributed by atoms with Crippen molar-refractivity contribution in [2.24, 2.45) is 0 Å². The Hall–Kier alpha value is -2.13. The van der Waals surface area contributed by atoms with Crippen LogP contribution in [0.15, 0.2) is 54.7 Å². The van der Waals surface area contributed by atoms with Gasteiger partial charge in [-0.1, -0.05) is 37.3 Å². The van der Waals surface area contributed by atoms with Gasteiger partial charge in [-0.3, -0.25) is 0 Å². The number of hydrogen-bond donors (Lipinski definition) is 1. The second kappa shape index (κ2) is 5.47. The lowest BCUT2D eigenvalue weighted by atomic mass is 10.1. The van der Waals surface area contributed by atoms with E-state index < -0.39 is 0 Å². The number of para-hydroxylation sites is 1. The van der Waals surface area contributed by atoms with Gasteiger partial charge in [-0.05, 0) is 37.2 Å². The maximum Gasteiger partial charge on any atom is 0.0741 e. The van der Waals surface area contributed by atoms with Gasteiger partial charge in [0.25, 0.3) is 0 Å². The van der Waals surface area contributed by atoms with E-state index in [2.05, 4.69) is 60.7 Å². The zero-order valence-electron chi connectivity index (χ0n) is 11.9. The molecule has 3 heteroatoms. The Morgan fingerprint density at radius 3 is 2.60 bits per heavy atom. The SMILES string of the molecule is CCNC(C)c1ccc(-n2ncc3ccccc32)cc1. The second-order valence-corrected chi connectivity index (χ2v) is 4.99. The van der Waals surface area contributed by atoms with Crippen molar-refractivity contribution in [2.75, 3.05) is 6.54 Å². The molecule has 0 spiro atoms. The predicted molar refractivity (Wildman–Crippen MR) is 83.2 cm³/mol. The number of benzene rings is 2. The monoisotopic (exact) mass is 265 g/mol. The minimum Gasteiger partial charge on any atom is -0.310 e. The topological polar surface area (TPSA) is 29.9 Å². The van der Waals surface area contributed by atoms with Gasteiger partial charge in [-0.2, -0.15) is 5.10 Å². The lowest BCUT2D eigenvalue weighted by molar-refractivity contribution is 0.598. The number of nitrogens with one attached hydrogen (secondary N) is 1. The van der Waals surface area contributed by atoms with Crippen molar-refractivity contribution in [1.29, 1.82) is 0 Å². The van der Waals surface area contributed by atoms with Crippen molar-refractivity contribution >= 4 is 10.9 Å². The molecule has 0 aliphatic carbocycles. The molecule has 3 aromatic rings. The fourth-order valence-corrected chi connectivity index (χ4v) is 2.51. The highest BCUT2D eigenvalue weighted by molar-refractivity contribution is 5.80. The first-order valence-corrected chi connectivity index (χ1v) is 7.06. The van der Waals surface area contributed by atoms with E-state index >= 15 is 0 Å². The smallest absolute Gasteiger partial charge is 0.0741 e. The molecule has 2 aromatic carbocycles. The number of nitrogens with zero attached hydrogens (tertiary/aromatic N) is 2. The van der Waals surface area contributed by atoms with Crippen LogP contribution in [0, 0.1) is 0 Å². The average molecular weight is 265 g/mol. The van der Waals surface area contributed by atoms with Crippen LogP contribution in [0.5, 0.6) is 0 Å². The van der Waals surface area contributed by atoms with Crippen LogP contribution in [0.1, 0.15) is 25.5 Å². The van der Waals surface area contributed by atoms with Crippen LogP contribution in [0.2, 0.25) is 0 Å². The van der Waals surface area contributed by atoms with Gasteiger partial charge in [-0.15, -0.1) is 0 Å². The molecular formula is C17H19N3. The number of fused-ring (bicyclic) bond motifs is 1. The first-order valence-electron chi connectivity index (χ1n) is 7.06. The van der Waals surface area contributed by atoms with E-state index in [1.54, 1.807) is 0 Å². The van der Waals surface area contributed by atoms with Gasteiger partial charge >= 0.3 is 0 Å². The van der Waals surface area contributed by atoms with Crippen LogP contribution in [-0.4, -0.2) is 16.3 Å². The fraction of sp³-hybridized carbons (Fsp3) is 0.235. The summed E-state index contributed by atoms with van der Waals surface area (Å²) in [6, 6.07) is 17.2. The molecule has 0 saturated heterocycles. The van der Waals surface area contributed by atoms with Crippen molar-refractivity contribution < 1.29 is 0 Å². The highest BCUT2D eigenvalue weighted by Gasteiger charge is 2.06. The van der Waals surface area contributed by atoms with Crippen molar-refractivity contribution in [3.63, 3.8) is 0 Å². The molecule has 0 radical (unpaired) electrons. The first kappa shape index (κ1) is 12.9. The van der Waals surface area contributed by atoms with Crippen LogP contribution in [0.4, 0.5) is 0 Å². The summed E-state index contributed by atoms with van der Waals surface area (Å²) in [5.74, 6) is 0. The Labute approximate surface area is 119 Å². The van der Waals surface area contributed by atoms with Crippen LogP contribution >= 0.6 is 0 Å². The third-order valence-electron chi connectivity index (χ3n) is 3.63. The average Bonchev–Trinajstić information content (AvgIpc) is 2.92. The molecule has 1 atom stereocenters. The fourth-order valence-electron chi connectivity index (χ4n) is 2.51. The van der Waals surface area contributed by atoms with Crippen molar-refractivity contribution in [3.05, 3.63) is 60.3 Å². The van der Waals surface area contributed by atoms with Gasteiger partial charge in [0.05, 0.1) is 17.4 Å². The van der Waals surface area contributed by atoms with Gasteiger partial charge in [0.1, 0.15) is 0 Å². The van der Waals surface area contributed by atoms with E-state index in [0.29, 0.717) is 6.04 Å². The van der Waals surface area contributed by atoms with Crippen molar-refractivity contribution in [3.8, 4) is 5.69 Å². The molecule has 0 aliphatic rings. The quantitative estimate of drug-likeness (QED) is 0.779. The summed E-state index contributed by atoms with van der Waals surface area (Å²) in [6.07, 6.45) is 1.91. The predicted octanol–water partition coefficient (Wildman–Crippen LogP) is 3.70. The lowest BCUT2D eigenvalue weighted by Gasteiger charge is -2.13. The van der Waals surface area contributed by atoms with Crippen LogP contribution in [-0.2, 0) is 0 Å². The summed E-state index contributed by atoms with van der Waals surface area (Å²) in [4.78, 5) is 0. The molecule has 1 N–H and O–H groups in total. The van der Waals surface area contributed by atoms with E-state index in [0.717, 1.165) is 23.1 Å². The Bertz CT molecular complexity index is 698. The molecule has 20 heavy (non-hydrogen) atoms. The third kappa shape index (κ3) is 2.32. The summed E-state index contributed by atoms with van der Waals surface area (Å²) in [5, 5.41) is 9.07. The van der Waals surface area contributed by atoms with E-state index in [1.807, 2.05) is 23.0 Å². The summed E-state index contributed by atoms with van der Waals surface area (Å²) in [7, 11) is 0. The summed E-state index contributed by atoms with van der Waals surface area (Å²) in [5.41, 5.74) is 3.53. The van der Waals surface area contributed by atoms with E-state index in [4.69, 9.17) is 0 Å². The van der Waals surface area contributed by atoms with Gasteiger partial charge in [-0.25, -0.2) is 4.68 Å². The number of hydrogen-bond acceptors (Lipinski definition) is 2. The Morgan fingerprint density at radius 1 is 1.10 bits per heavy atom. The standard InChI is InChI=1S/C17H19N3/c1-3-18-13(2)14-8-10-16(11-9-14)20-17-7-5-4-6-15(17)12-19-20/h4-13,18H,3H2,1-2H3. The van der Waals surface area contributed by atoms with Crippen molar-refractivity contribution in [2.45, 2.75) is 19.9 Å². The molecule has 0 amide bonds. The Balaban J connectivity index is 1.95. The Kier molecular flexibility index (Phi) is 3.52. The molecule has 0 fully saturated rings. The summed E-state index contributed by atoms with van der Waals surface area (Å²) in [6.45, 7) is 5.29. The van der Waals surface area contributed by atoms with Crippen molar-refractivity contribution in [1.82, 2.24) is 15.1 Å². The van der Waals surface area contributed by atoms with Gasteiger partial charge < -0.3 is 5.32 Å². The van der Waals surface area contributed by atoms with Gasteiger partial charge in [0.2, 0.25) is 0 Å². The lowest BCUT2D eigenvalue weighted by Crippen LogP contribution is -2.17. The molecule has 0 bridgehead atoms. The maximum absolute atomic E-state index is 4.48. The van der Waals surface area contributed by atoms with Crippen LogP contribution < -0.4 is 5.32 Å². The second-order valence-electron chi connectivity index (χ2n) is 4.99. The zero-order valence-corrected chi connectivity index (χ0v) is 11.9. The molecule has 1 heterocycles. The molecular weight excluding hydrogens is 246 g/mol. The molecule has 3 nitrogen and oxygen atoms in total. The Morgan fingerprint density at radius 2 is 1.85 bits per heavy atom. The first-order chi connectivity index (χ1) is 9.79. The highest BCUT2D eigenvalue weighted by Crippen LogP contribution is 2.20. The third-order valence-corrected chi connectivity index (χ3v) is 3.63. The minimum atomic E-state index is 0.378. The van der Waals surface area contributed by atoms with Gasteiger partial charge in [0.15, 0.2) is 0 Å². The number of aromatic nitrogens is 2. The molecule has 0 aliphatic heterocycles. The zero-order chi connectivity index (χ0) is 13.9. The van der Waals surface area contributed by atoms with Crippen LogP contribution in [0.3, 0.4) is 0 Å². The normalized spacial score (nSPS) is 12.7. The summed E-state index contributed by atoms with van der Waals surface area (Å²) >= 11 is 0. The minimum absolute atomic E-state index is 0.378. The van der Waals surface area contributed by atoms with Crippen LogP contribution in [0.25, 0.3) is 16.6 Å². The molecule has 3 rings (SSSR count). The van der Waals surface area contributed by atoms with E-state index in [9.17, 15) is 0 Å². The molecule has 1 unspecified atom stereocenters. The van der Waals surface area contributed by atoms with Gasteiger partial charge in [0, 0.05) is 11.4 Å². The number of rotatable bonds is 4. The van der Waals surface area contributed by atoms with E-state index in [1.165, 1.54) is 5.56 Å². The molecule has 1 aromatic heterocycles. The molecule has 0 saturated carbocycles. The van der Waals surface area contributed by atoms with E-state index in [-0.39, 0.29) is 0 Å².